The number of carbonyl (C=O) groups excluding carboxylic acids is 1. The van der Waals surface area contributed by atoms with E-state index in [1.54, 1.807) is 18.2 Å². The molecule has 1 aliphatic rings. The molecule has 1 saturated heterocycles. The number of ether oxygens (including phenoxy) is 1. The lowest BCUT2D eigenvalue weighted by molar-refractivity contribution is 0.102. The molecule has 1 amide bonds. The number of anilines is 1. The van der Waals surface area contributed by atoms with Crippen molar-refractivity contribution < 1.29 is 14.1 Å². The number of hydrogen-bond acceptors (Lipinski definition) is 6. The molecule has 0 spiro atoms. The Morgan fingerprint density at radius 3 is 3.05 bits per heavy atom. The highest BCUT2D eigenvalue weighted by Gasteiger charge is 2.17. The number of hydrogen-bond donors (Lipinski definition) is 1. The number of nitrogens with zero attached hydrogens (tertiary/aromatic N) is 2. The first kappa shape index (κ1) is 13.0. The van der Waals surface area contributed by atoms with Crippen LogP contribution in [0.5, 0.6) is 5.88 Å². The van der Waals surface area contributed by atoms with Crippen molar-refractivity contribution in [3.63, 3.8) is 0 Å². The summed E-state index contributed by atoms with van der Waals surface area (Å²) in [6.45, 7) is 0. The first-order chi connectivity index (χ1) is 9.81. The van der Waals surface area contributed by atoms with Crippen LogP contribution in [0.1, 0.15) is 16.8 Å². The topological polar surface area (TPSA) is 77.2 Å². The standard InChI is InChI=1S/C13H13N3O3S/c17-13(15-11-3-5-18-16-11)9-1-2-12(14-7-9)19-10-4-6-20-8-10/h1-3,5,7,10H,4,6,8H2,(H,15,16,17). The minimum Gasteiger partial charge on any atom is -0.473 e. The van der Waals surface area contributed by atoms with Gasteiger partial charge in [0.2, 0.25) is 5.88 Å². The van der Waals surface area contributed by atoms with E-state index >= 15 is 0 Å². The fourth-order valence-corrected chi connectivity index (χ4v) is 2.92. The van der Waals surface area contributed by atoms with Crippen LogP contribution in [-0.4, -0.2) is 33.7 Å². The summed E-state index contributed by atoms with van der Waals surface area (Å²) < 4.78 is 10.4. The van der Waals surface area contributed by atoms with Gasteiger partial charge < -0.3 is 14.6 Å². The lowest BCUT2D eigenvalue weighted by Crippen LogP contribution is -2.16. The Bertz CT molecular complexity index is 565. The highest BCUT2D eigenvalue weighted by atomic mass is 32.2. The Hall–Kier alpha value is -2.02. The van der Waals surface area contributed by atoms with Crippen LogP contribution in [0, 0.1) is 0 Å². The lowest BCUT2D eigenvalue weighted by Gasteiger charge is -2.11. The van der Waals surface area contributed by atoms with Gasteiger partial charge in [0.05, 0.1) is 5.56 Å². The average molecular weight is 291 g/mol. The van der Waals surface area contributed by atoms with Gasteiger partial charge in [-0.2, -0.15) is 11.8 Å². The van der Waals surface area contributed by atoms with Crippen molar-refractivity contribution in [3.05, 3.63) is 36.2 Å². The molecule has 0 radical (unpaired) electrons. The van der Waals surface area contributed by atoms with E-state index in [-0.39, 0.29) is 12.0 Å². The van der Waals surface area contributed by atoms with Crippen LogP contribution in [-0.2, 0) is 0 Å². The minimum absolute atomic E-state index is 0.224. The van der Waals surface area contributed by atoms with Gasteiger partial charge in [-0.1, -0.05) is 5.16 Å². The highest BCUT2D eigenvalue weighted by Crippen LogP contribution is 2.22. The van der Waals surface area contributed by atoms with E-state index in [0.29, 0.717) is 17.3 Å². The SMILES string of the molecule is O=C(Nc1ccon1)c1ccc(OC2CCSC2)nc1. The average Bonchev–Trinajstić information content (AvgIpc) is 3.13. The van der Waals surface area contributed by atoms with E-state index < -0.39 is 0 Å². The molecule has 0 bridgehead atoms. The van der Waals surface area contributed by atoms with Gasteiger partial charge in [-0.25, -0.2) is 4.98 Å². The second-order valence-electron chi connectivity index (χ2n) is 4.33. The molecule has 2 aromatic heterocycles. The summed E-state index contributed by atoms with van der Waals surface area (Å²) in [6, 6.07) is 4.96. The largest absolute Gasteiger partial charge is 0.473 e. The van der Waals surface area contributed by atoms with Crippen LogP contribution >= 0.6 is 11.8 Å². The minimum atomic E-state index is -0.283. The maximum absolute atomic E-state index is 11.9. The smallest absolute Gasteiger partial charge is 0.258 e. The molecule has 0 aliphatic carbocycles. The van der Waals surface area contributed by atoms with Crippen molar-refractivity contribution in [1.82, 2.24) is 10.1 Å². The summed E-state index contributed by atoms with van der Waals surface area (Å²) in [7, 11) is 0. The van der Waals surface area contributed by atoms with E-state index in [1.807, 2.05) is 11.8 Å². The number of carbonyl (C=O) groups is 1. The summed E-state index contributed by atoms with van der Waals surface area (Å²) in [4.78, 5) is 16.0. The molecular weight excluding hydrogens is 278 g/mol. The first-order valence-corrected chi connectivity index (χ1v) is 7.39. The third-order valence-corrected chi connectivity index (χ3v) is 3.99. The molecule has 3 heterocycles. The van der Waals surface area contributed by atoms with Crippen molar-refractivity contribution in [2.24, 2.45) is 0 Å². The van der Waals surface area contributed by atoms with E-state index in [9.17, 15) is 4.79 Å². The maximum Gasteiger partial charge on any atom is 0.258 e. The van der Waals surface area contributed by atoms with Crippen molar-refractivity contribution in [2.75, 3.05) is 16.8 Å². The van der Waals surface area contributed by atoms with Crippen LogP contribution in [0.15, 0.2) is 35.2 Å². The molecule has 1 aliphatic heterocycles. The second kappa shape index (κ2) is 5.96. The van der Waals surface area contributed by atoms with Crippen molar-refractivity contribution in [2.45, 2.75) is 12.5 Å². The predicted octanol–water partition coefficient (Wildman–Crippen LogP) is 2.21. The van der Waals surface area contributed by atoms with Gasteiger partial charge >= 0.3 is 0 Å². The van der Waals surface area contributed by atoms with Gasteiger partial charge in [-0.05, 0) is 18.2 Å². The number of nitrogens with one attached hydrogen (secondary N) is 1. The van der Waals surface area contributed by atoms with Gasteiger partial charge in [-0.15, -0.1) is 0 Å². The molecule has 0 aromatic carbocycles. The molecule has 20 heavy (non-hydrogen) atoms. The molecule has 1 atom stereocenters. The molecule has 7 heteroatoms. The van der Waals surface area contributed by atoms with Crippen molar-refractivity contribution >= 4 is 23.5 Å². The van der Waals surface area contributed by atoms with Crippen LogP contribution in [0.3, 0.4) is 0 Å². The lowest BCUT2D eigenvalue weighted by atomic mass is 10.2. The zero-order chi connectivity index (χ0) is 13.8. The van der Waals surface area contributed by atoms with Gasteiger partial charge in [0.15, 0.2) is 5.82 Å². The molecule has 3 rings (SSSR count). The Balaban J connectivity index is 1.61. The predicted molar refractivity (Wildman–Crippen MR) is 75.1 cm³/mol. The molecule has 1 fully saturated rings. The Labute approximate surface area is 119 Å². The van der Waals surface area contributed by atoms with Crippen LogP contribution in [0.25, 0.3) is 0 Å². The summed E-state index contributed by atoms with van der Waals surface area (Å²) in [5.74, 6) is 2.77. The zero-order valence-electron chi connectivity index (χ0n) is 10.6. The molecule has 0 saturated carbocycles. The van der Waals surface area contributed by atoms with Crippen LogP contribution < -0.4 is 10.1 Å². The molecule has 1 N–H and O–H groups in total. The molecule has 1 unspecified atom stereocenters. The molecule has 104 valence electrons. The number of aromatic nitrogens is 2. The van der Waals surface area contributed by atoms with E-state index in [0.717, 1.165) is 17.9 Å². The van der Waals surface area contributed by atoms with Crippen LogP contribution in [0.2, 0.25) is 0 Å². The monoisotopic (exact) mass is 291 g/mol. The quantitative estimate of drug-likeness (QED) is 0.930. The Morgan fingerprint density at radius 1 is 1.45 bits per heavy atom. The first-order valence-electron chi connectivity index (χ1n) is 6.23. The summed E-state index contributed by atoms with van der Waals surface area (Å²) in [6.07, 6.45) is 4.15. The fraction of sp³-hybridized carbons (Fsp3) is 0.308. The highest BCUT2D eigenvalue weighted by molar-refractivity contribution is 7.99. The van der Waals surface area contributed by atoms with Crippen molar-refractivity contribution in [3.8, 4) is 5.88 Å². The summed E-state index contributed by atoms with van der Waals surface area (Å²) >= 11 is 1.88. The zero-order valence-corrected chi connectivity index (χ0v) is 11.4. The van der Waals surface area contributed by atoms with Gasteiger partial charge in [0.1, 0.15) is 12.4 Å². The number of pyridine rings is 1. The molecule has 2 aromatic rings. The summed E-state index contributed by atoms with van der Waals surface area (Å²) in [5, 5.41) is 6.22. The molecule has 6 nitrogen and oxygen atoms in total. The van der Waals surface area contributed by atoms with Gasteiger partial charge in [0.25, 0.3) is 5.91 Å². The third-order valence-electron chi connectivity index (χ3n) is 2.85. The van der Waals surface area contributed by atoms with Crippen molar-refractivity contribution in [1.29, 1.82) is 0 Å². The Kier molecular flexibility index (Phi) is 3.87. The van der Waals surface area contributed by atoms with Gasteiger partial charge in [0, 0.05) is 24.1 Å². The summed E-state index contributed by atoms with van der Waals surface area (Å²) in [5.41, 5.74) is 0.446. The van der Waals surface area contributed by atoms with E-state index in [4.69, 9.17) is 4.74 Å². The normalized spacial score (nSPS) is 17.9. The maximum atomic E-state index is 11.9. The number of rotatable bonds is 4. The number of amides is 1. The van der Waals surface area contributed by atoms with E-state index in [2.05, 4.69) is 20.0 Å². The van der Waals surface area contributed by atoms with E-state index in [1.165, 1.54) is 12.5 Å². The third kappa shape index (κ3) is 3.11. The van der Waals surface area contributed by atoms with Crippen LogP contribution in [0.4, 0.5) is 5.82 Å². The molecular formula is C13H13N3O3S. The van der Waals surface area contributed by atoms with Gasteiger partial charge in [-0.3, -0.25) is 4.79 Å². The fourth-order valence-electron chi connectivity index (χ4n) is 1.83. The second-order valence-corrected chi connectivity index (χ2v) is 5.48. The Morgan fingerprint density at radius 2 is 2.40 bits per heavy atom. The number of thioether (sulfide) groups is 1.